The van der Waals surface area contributed by atoms with Crippen LogP contribution in [0.15, 0.2) is 23.0 Å². The first-order valence-corrected chi connectivity index (χ1v) is 5.14. The minimum absolute atomic E-state index is 0.0869. The third-order valence-electron chi connectivity index (χ3n) is 2.30. The first-order valence-electron chi connectivity index (χ1n) is 5.14. The van der Waals surface area contributed by atoms with Gasteiger partial charge in [0.25, 0.3) is 5.56 Å². The van der Waals surface area contributed by atoms with E-state index in [1.165, 1.54) is 6.07 Å². The van der Waals surface area contributed by atoms with Gasteiger partial charge in [-0.15, -0.1) is 0 Å². The summed E-state index contributed by atoms with van der Waals surface area (Å²) in [5.41, 5.74) is 0.932. The number of aromatic nitrogens is 2. The zero-order chi connectivity index (χ0) is 10.8. The zero-order valence-electron chi connectivity index (χ0n) is 8.84. The van der Waals surface area contributed by atoms with Crippen LogP contribution >= 0.6 is 0 Å². The molecule has 4 heteroatoms. The summed E-state index contributed by atoms with van der Waals surface area (Å²) in [6.45, 7) is 6.37. The first kappa shape index (κ1) is 9.96. The van der Waals surface area contributed by atoms with Crippen LogP contribution in [0.3, 0.4) is 0 Å². The molecule has 2 N–H and O–H groups in total. The lowest BCUT2D eigenvalue weighted by Gasteiger charge is -2.05. The molecule has 1 saturated carbocycles. The van der Waals surface area contributed by atoms with Crippen molar-refractivity contribution in [3.8, 4) is 0 Å². The molecule has 4 nitrogen and oxygen atoms in total. The van der Waals surface area contributed by atoms with Crippen molar-refractivity contribution in [2.24, 2.45) is 0 Å². The molecule has 0 bridgehead atoms. The van der Waals surface area contributed by atoms with Crippen molar-refractivity contribution in [1.29, 1.82) is 0 Å². The van der Waals surface area contributed by atoms with Gasteiger partial charge in [-0.1, -0.05) is 12.2 Å². The molecule has 0 spiro atoms. The smallest absolute Gasteiger partial charge is 0.252 e. The molecule has 1 fully saturated rings. The summed E-state index contributed by atoms with van der Waals surface area (Å²) in [6.07, 6.45) is 2.26. The Bertz CT molecular complexity index is 432. The lowest BCUT2D eigenvalue weighted by molar-refractivity contribution is 0.907. The molecule has 0 aromatic carbocycles. The molecule has 15 heavy (non-hydrogen) atoms. The first-order chi connectivity index (χ1) is 7.15. The Hall–Kier alpha value is -1.58. The second-order valence-corrected chi connectivity index (χ2v) is 4.10. The minimum atomic E-state index is -0.0869. The number of hydrogen-bond acceptors (Lipinski definition) is 3. The summed E-state index contributed by atoms with van der Waals surface area (Å²) in [4.78, 5) is 18.5. The van der Waals surface area contributed by atoms with Crippen molar-refractivity contribution in [3.63, 3.8) is 0 Å². The van der Waals surface area contributed by atoms with E-state index in [1.807, 2.05) is 6.92 Å². The third kappa shape index (κ3) is 2.68. The van der Waals surface area contributed by atoms with Gasteiger partial charge >= 0.3 is 0 Å². The summed E-state index contributed by atoms with van der Waals surface area (Å²) in [5.74, 6) is 1.92. The minimum Gasteiger partial charge on any atom is -0.366 e. The molecule has 0 amide bonds. The van der Waals surface area contributed by atoms with Crippen LogP contribution in [0.1, 0.15) is 31.5 Å². The molecule has 1 aromatic heterocycles. The highest BCUT2D eigenvalue weighted by Gasteiger charge is 2.26. The SMILES string of the molecule is C=C(C)CNc1cc(=O)[nH]c(C2CC2)n1. The normalized spacial score (nSPS) is 15.0. The standard InChI is InChI=1S/C11H15N3O/c1-7(2)6-12-9-5-10(15)14-11(13-9)8-3-4-8/h5,8H,1,3-4,6H2,2H3,(H2,12,13,14,15). The molecule has 2 rings (SSSR count). The van der Waals surface area contributed by atoms with E-state index >= 15 is 0 Å². The summed E-state index contributed by atoms with van der Waals surface area (Å²) >= 11 is 0. The summed E-state index contributed by atoms with van der Waals surface area (Å²) in [7, 11) is 0. The highest BCUT2D eigenvalue weighted by atomic mass is 16.1. The zero-order valence-corrected chi connectivity index (χ0v) is 8.84. The highest BCUT2D eigenvalue weighted by molar-refractivity contribution is 5.35. The molecule has 1 aromatic rings. The van der Waals surface area contributed by atoms with E-state index in [2.05, 4.69) is 21.9 Å². The van der Waals surface area contributed by atoms with Gasteiger partial charge in [-0.2, -0.15) is 0 Å². The van der Waals surface area contributed by atoms with Crippen LogP contribution in [0.5, 0.6) is 0 Å². The number of rotatable bonds is 4. The molecule has 0 radical (unpaired) electrons. The maximum absolute atomic E-state index is 11.3. The topological polar surface area (TPSA) is 57.8 Å². The van der Waals surface area contributed by atoms with Crippen molar-refractivity contribution in [1.82, 2.24) is 9.97 Å². The molecular formula is C11H15N3O. The van der Waals surface area contributed by atoms with Gasteiger partial charge in [0.05, 0.1) is 0 Å². The maximum Gasteiger partial charge on any atom is 0.252 e. The van der Waals surface area contributed by atoms with Gasteiger partial charge in [0, 0.05) is 18.5 Å². The van der Waals surface area contributed by atoms with Crippen LogP contribution in [-0.2, 0) is 0 Å². The Balaban J connectivity index is 2.15. The van der Waals surface area contributed by atoms with Crippen LogP contribution in [-0.4, -0.2) is 16.5 Å². The van der Waals surface area contributed by atoms with Gasteiger partial charge in [0.1, 0.15) is 11.6 Å². The van der Waals surface area contributed by atoms with Crippen molar-refractivity contribution >= 4 is 5.82 Å². The second-order valence-electron chi connectivity index (χ2n) is 4.10. The molecule has 0 saturated heterocycles. The fraction of sp³-hybridized carbons (Fsp3) is 0.455. The van der Waals surface area contributed by atoms with E-state index < -0.39 is 0 Å². The lowest BCUT2D eigenvalue weighted by atomic mass is 10.3. The lowest BCUT2D eigenvalue weighted by Crippen LogP contribution is -2.14. The van der Waals surface area contributed by atoms with E-state index in [0.717, 1.165) is 24.2 Å². The predicted octanol–water partition coefficient (Wildman–Crippen LogP) is 1.64. The predicted molar refractivity (Wildman–Crippen MR) is 60.1 cm³/mol. The Labute approximate surface area is 88.4 Å². The molecule has 0 unspecified atom stereocenters. The molecule has 1 aliphatic carbocycles. The van der Waals surface area contributed by atoms with Gasteiger partial charge < -0.3 is 10.3 Å². The van der Waals surface area contributed by atoms with Crippen LogP contribution in [0, 0.1) is 0 Å². The number of hydrogen-bond donors (Lipinski definition) is 2. The van der Waals surface area contributed by atoms with Crippen molar-refractivity contribution in [2.45, 2.75) is 25.7 Å². The number of nitrogens with zero attached hydrogens (tertiary/aromatic N) is 1. The Morgan fingerprint density at radius 3 is 3.07 bits per heavy atom. The van der Waals surface area contributed by atoms with Crippen LogP contribution in [0.2, 0.25) is 0 Å². The monoisotopic (exact) mass is 205 g/mol. The summed E-state index contributed by atoms with van der Waals surface area (Å²) in [6, 6.07) is 1.48. The Morgan fingerprint density at radius 2 is 2.47 bits per heavy atom. The molecule has 1 heterocycles. The van der Waals surface area contributed by atoms with E-state index in [0.29, 0.717) is 18.3 Å². The van der Waals surface area contributed by atoms with E-state index in [4.69, 9.17) is 0 Å². The van der Waals surface area contributed by atoms with Crippen LogP contribution < -0.4 is 10.9 Å². The van der Waals surface area contributed by atoms with Crippen LogP contribution in [0.4, 0.5) is 5.82 Å². The molecule has 0 atom stereocenters. The third-order valence-corrected chi connectivity index (χ3v) is 2.30. The molecule has 80 valence electrons. The highest BCUT2D eigenvalue weighted by Crippen LogP contribution is 2.37. The van der Waals surface area contributed by atoms with Gasteiger partial charge in [0.15, 0.2) is 0 Å². The van der Waals surface area contributed by atoms with E-state index in [9.17, 15) is 4.79 Å². The quantitative estimate of drug-likeness (QED) is 0.734. The number of H-pyrrole nitrogens is 1. The fourth-order valence-electron chi connectivity index (χ4n) is 1.36. The number of aromatic amines is 1. The molecule has 1 aliphatic rings. The van der Waals surface area contributed by atoms with Crippen LogP contribution in [0.25, 0.3) is 0 Å². The van der Waals surface area contributed by atoms with E-state index in [1.54, 1.807) is 0 Å². The van der Waals surface area contributed by atoms with Crippen molar-refractivity contribution in [3.05, 3.63) is 34.4 Å². The number of nitrogens with one attached hydrogen (secondary N) is 2. The van der Waals surface area contributed by atoms with Crippen molar-refractivity contribution in [2.75, 3.05) is 11.9 Å². The maximum atomic E-state index is 11.3. The van der Waals surface area contributed by atoms with Gasteiger partial charge in [-0.05, 0) is 19.8 Å². The average Bonchev–Trinajstić information content (AvgIpc) is 2.97. The van der Waals surface area contributed by atoms with Gasteiger partial charge in [-0.3, -0.25) is 4.79 Å². The second kappa shape index (κ2) is 3.88. The average molecular weight is 205 g/mol. The van der Waals surface area contributed by atoms with E-state index in [-0.39, 0.29) is 5.56 Å². The van der Waals surface area contributed by atoms with Gasteiger partial charge in [-0.25, -0.2) is 4.98 Å². The fourth-order valence-corrected chi connectivity index (χ4v) is 1.36. The summed E-state index contributed by atoms with van der Waals surface area (Å²) < 4.78 is 0. The number of anilines is 1. The Morgan fingerprint density at radius 1 is 1.73 bits per heavy atom. The van der Waals surface area contributed by atoms with Crippen molar-refractivity contribution < 1.29 is 0 Å². The summed E-state index contributed by atoms with van der Waals surface area (Å²) in [5, 5.41) is 3.08. The molecular weight excluding hydrogens is 190 g/mol. The molecule has 0 aliphatic heterocycles. The van der Waals surface area contributed by atoms with Gasteiger partial charge in [0.2, 0.25) is 0 Å². The Kier molecular flexibility index (Phi) is 2.58. The largest absolute Gasteiger partial charge is 0.366 e.